The molecule has 0 radical (unpaired) electrons. The molecule has 2 N–H and O–H groups in total. The fourth-order valence-corrected chi connectivity index (χ4v) is 3.45. The van der Waals surface area contributed by atoms with Gasteiger partial charge in [0.15, 0.2) is 0 Å². The van der Waals surface area contributed by atoms with Crippen LogP contribution < -0.4 is 10.6 Å². The van der Waals surface area contributed by atoms with Gasteiger partial charge < -0.3 is 10.6 Å². The van der Waals surface area contributed by atoms with Crippen LogP contribution >= 0.6 is 11.8 Å². The number of alkyl halides is 3. The topological polar surface area (TPSA) is 58.2 Å². The van der Waals surface area contributed by atoms with Crippen molar-refractivity contribution in [3.05, 3.63) is 94.8 Å². The van der Waals surface area contributed by atoms with Crippen LogP contribution in [0.1, 0.15) is 31.8 Å². The van der Waals surface area contributed by atoms with Crippen LogP contribution in [0.25, 0.3) is 0 Å². The molecule has 166 valence electrons. The van der Waals surface area contributed by atoms with Crippen LogP contribution in [0, 0.1) is 5.82 Å². The maximum Gasteiger partial charge on any atom is 0.418 e. The number of nitrogens with one attached hydrogen (secondary N) is 2. The Morgan fingerprint density at radius 1 is 0.906 bits per heavy atom. The third kappa shape index (κ3) is 5.67. The Bertz CT molecular complexity index is 1130. The smallest absolute Gasteiger partial charge is 0.322 e. The van der Waals surface area contributed by atoms with Gasteiger partial charge in [0, 0.05) is 17.0 Å². The quantitative estimate of drug-likeness (QED) is 0.428. The zero-order chi connectivity index (χ0) is 23.3. The van der Waals surface area contributed by atoms with Crippen LogP contribution in [0.5, 0.6) is 0 Å². The molecule has 0 saturated carbocycles. The number of thioether (sulfide) groups is 1. The van der Waals surface area contributed by atoms with Crippen molar-refractivity contribution in [1.82, 2.24) is 0 Å². The Morgan fingerprint density at radius 3 is 2.22 bits per heavy atom. The molecule has 0 aliphatic carbocycles. The zero-order valence-electron chi connectivity index (χ0n) is 16.8. The molecule has 0 fully saturated rings. The van der Waals surface area contributed by atoms with Crippen molar-refractivity contribution >= 4 is 35.0 Å². The van der Waals surface area contributed by atoms with Gasteiger partial charge in [0.25, 0.3) is 11.8 Å². The van der Waals surface area contributed by atoms with Crippen LogP contribution in [0.2, 0.25) is 0 Å². The third-order valence-corrected chi connectivity index (χ3v) is 5.10. The Labute approximate surface area is 186 Å². The van der Waals surface area contributed by atoms with Gasteiger partial charge in [-0.25, -0.2) is 4.39 Å². The number of amides is 2. The second-order valence-electron chi connectivity index (χ2n) is 6.78. The predicted octanol–water partition coefficient (Wildman–Crippen LogP) is 6.21. The molecule has 4 nitrogen and oxygen atoms in total. The summed E-state index contributed by atoms with van der Waals surface area (Å²) in [6.07, 6.45) is -2.87. The molecular weight excluding hydrogens is 444 g/mol. The molecular formula is C23H18F4N2O2S. The number of hydrogen-bond donors (Lipinski definition) is 2. The van der Waals surface area contributed by atoms with Crippen LogP contribution in [0.15, 0.2) is 66.7 Å². The molecule has 0 bridgehead atoms. The molecule has 0 heterocycles. The van der Waals surface area contributed by atoms with E-state index in [1.54, 1.807) is 23.9 Å². The SMILES string of the molecule is CSCc1ccc(C(=O)Nc2ccc(NC(=O)c3ccccc3F)cc2C(F)(F)F)cc1. The van der Waals surface area contributed by atoms with Gasteiger partial charge in [-0.1, -0.05) is 24.3 Å². The molecule has 3 aromatic carbocycles. The van der Waals surface area contributed by atoms with Crippen LogP contribution in [-0.2, 0) is 11.9 Å². The van der Waals surface area contributed by atoms with E-state index in [-0.39, 0.29) is 16.8 Å². The summed E-state index contributed by atoms with van der Waals surface area (Å²) in [6.45, 7) is 0. The molecule has 32 heavy (non-hydrogen) atoms. The molecule has 0 aliphatic heterocycles. The minimum absolute atomic E-state index is 0.190. The van der Waals surface area contributed by atoms with Crippen molar-refractivity contribution < 1.29 is 27.2 Å². The lowest BCUT2D eigenvalue weighted by molar-refractivity contribution is -0.136. The minimum Gasteiger partial charge on any atom is -0.322 e. The fourth-order valence-electron chi connectivity index (χ4n) is 2.92. The van der Waals surface area contributed by atoms with E-state index in [1.165, 1.54) is 36.4 Å². The summed E-state index contributed by atoms with van der Waals surface area (Å²) in [5.41, 5.74) is -0.899. The van der Waals surface area contributed by atoms with E-state index in [0.717, 1.165) is 23.4 Å². The van der Waals surface area contributed by atoms with E-state index in [4.69, 9.17) is 0 Å². The van der Waals surface area contributed by atoms with Crippen LogP contribution in [-0.4, -0.2) is 18.1 Å². The molecule has 3 aromatic rings. The summed E-state index contributed by atoms with van der Waals surface area (Å²) < 4.78 is 54.6. The highest BCUT2D eigenvalue weighted by atomic mass is 32.2. The number of hydrogen-bond acceptors (Lipinski definition) is 3. The first-order chi connectivity index (χ1) is 15.2. The van der Waals surface area contributed by atoms with Crippen molar-refractivity contribution in [2.75, 3.05) is 16.9 Å². The number of carbonyl (C=O) groups excluding carboxylic acids is 2. The number of rotatable bonds is 6. The van der Waals surface area contributed by atoms with E-state index in [2.05, 4.69) is 10.6 Å². The lowest BCUT2D eigenvalue weighted by atomic mass is 10.1. The first-order valence-corrected chi connectivity index (χ1v) is 10.7. The number of carbonyl (C=O) groups is 2. The molecule has 0 atom stereocenters. The summed E-state index contributed by atoms with van der Waals surface area (Å²) in [4.78, 5) is 24.7. The number of halogens is 4. The van der Waals surface area contributed by atoms with Crippen molar-refractivity contribution in [3.8, 4) is 0 Å². The average Bonchev–Trinajstić information content (AvgIpc) is 2.75. The van der Waals surface area contributed by atoms with Gasteiger partial charge in [-0.3, -0.25) is 9.59 Å². The lowest BCUT2D eigenvalue weighted by Gasteiger charge is -2.16. The monoisotopic (exact) mass is 462 g/mol. The maximum atomic E-state index is 13.8. The van der Waals surface area contributed by atoms with E-state index in [0.29, 0.717) is 6.07 Å². The fraction of sp³-hybridized carbons (Fsp3) is 0.130. The molecule has 0 aliphatic rings. The van der Waals surface area contributed by atoms with Crippen molar-refractivity contribution in [3.63, 3.8) is 0 Å². The maximum absolute atomic E-state index is 13.8. The molecule has 0 aromatic heterocycles. The Hall–Kier alpha value is -3.33. The summed E-state index contributed by atoms with van der Waals surface area (Å²) in [6, 6.07) is 14.6. The predicted molar refractivity (Wildman–Crippen MR) is 117 cm³/mol. The zero-order valence-corrected chi connectivity index (χ0v) is 17.6. The molecule has 0 unspecified atom stereocenters. The van der Waals surface area contributed by atoms with Gasteiger partial charge in [-0.05, 0) is 54.3 Å². The lowest BCUT2D eigenvalue weighted by Crippen LogP contribution is -2.18. The highest BCUT2D eigenvalue weighted by Crippen LogP contribution is 2.37. The standard InChI is InChI=1S/C23H18F4N2O2S/c1-32-13-14-6-8-15(9-7-14)21(30)29-20-11-10-16(12-18(20)23(25,26)27)28-22(31)17-4-2-3-5-19(17)24/h2-12H,13H2,1H3,(H,28,31)(H,29,30). The summed E-state index contributed by atoms with van der Waals surface area (Å²) in [5.74, 6) is -1.64. The first kappa shape index (κ1) is 23.3. The normalized spacial score (nSPS) is 11.2. The van der Waals surface area contributed by atoms with Crippen molar-refractivity contribution in [2.24, 2.45) is 0 Å². The summed E-state index contributed by atoms with van der Waals surface area (Å²) >= 11 is 1.60. The third-order valence-electron chi connectivity index (χ3n) is 4.48. The largest absolute Gasteiger partial charge is 0.418 e. The Morgan fingerprint density at radius 2 is 1.59 bits per heavy atom. The molecule has 2 amide bonds. The van der Waals surface area contributed by atoms with Crippen LogP contribution in [0.3, 0.4) is 0 Å². The van der Waals surface area contributed by atoms with E-state index >= 15 is 0 Å². The molecule has 0 spiro atoms. The van der Waals surface area contributed by atoms with Gasteiger partial charge >= 0.3 is 6.18 Å². The Balaban J connectivity index is 1.83. The van der Waals surface area contributed by atoms with Gasteiger partial charge in [-0.2, -0.15) is 24.9 Å². The van der Waals surface area contributed by atoms with Gasteiger partial charge in [0.2, 0.25) is 0 Å². The number of benzene rings is 3. The highest BCUT2D eigenvalue weighted by Gasteiger charge is 2.34. The van der Waals surface area contributed by atoms with Crippen molar-refractivity contribution in [2.45, 2.75) is 11.9 Å². The summed E-state index contributed by atoms with van der Waals surface area (Å²) in [7, 11) is 0. The van der Waals surface area contributed by atoms with Crippen LogP contribution in [0.4, 0.5) is 28.9 Å². The number of anilines is 2. The van der Waals surface area contributed by atoms with Gasteiger partial charge in [0.1, 0.15) is 5.82 Å². The highest BCUT2D eigenvalue weighted by molar-refractivity contribution is 7.97. The van der Waals surface area contributed by atoms with Gasteiger partial charge in [0.05, 0.1) is 16.8 Å². The molecule has 3 rings (SSSR count). The summed E-state index contributed by atoms with van der Waals surface area (Å²) in [5, 5.41) is 4.52. The van der Waals surface area contributed by atoms with E-state index < -0.39 is 35.1 Å². The first-order valence-electron chi connectivity index (χ1n) is 9.35. The molecule has 9 heteroatoms. The minimum atomic E-state index is -4.80. The van der Waals surface area contributed by atoms with E-state index in [1.807, 2.05) is 6.26 Å². The average molecular weight is 462 g/mol. The molecule has 0 saturated heterocycles. The van der Waals surface area contributed by atoms with E-state index in [9.17, 15) is 27.2 Å². The van der Waals surface area contributed by atoms with Gasteiger partial charge in [-0.15, -0.1) is 0 Å². The second kappa shape index (κ2) is 9.86. The van der Waals surface area contributed by atoms with Crippen molar-refractivity contribution in [1.29, 1.82) is 0 Å². The Kier molecular flexibility index (Phi) is 7.19. The second-order valence-corrected chi connectivity index (χ2v) is 7.64.